The molecule has 1 fully saturated rings. The van der Waals surface area contributed by atoms with Gasteiger partial charge in [0.2, 0.25) is 5.91 Å². The molecule has 1 amide bonds. The van der Waals surface area contributed by atoms with Crippen LogP contribution in [-0.4, -0.2) is 23.5 Å². The van der Waals surface area contributed by atoms with Gasteiger partial charge in [-0.05, 0) is 30.4 Å². The van der Waals surface area contributed by atoms with Gasteiger partial charge in [0.15, 0.2) is 11.6 Å². The van der Waals surface area contributed by atoms with Crippen molar-refractivity contribution in [2.24, 2.45) is 5.92 Å². The van der Waals surface area contributed by atoms with Gasteiger partial charge in [-0.2, -0.15) is 0 Å². The Morgan fingerprint density at radius 1 is 1.35 bits per heavy atom. The van der Waals surface area contributed by atoms with Crippen LogP contribution in [0.4, 0.5) is 8.78 Å². The molecule has 108 valence electrons. The second kappa shape index (κ2) is 5.98. The topological polar surface area (TPSA) is 66.4 Å². The number of halogens is 2. The van der Waals surface area contributed by atoms with Crippen LogP contribution in [0.25, 0.3) is 0 Å². The second-order valence-corrected chi connectivity index (χ2v) is 4.88. The summed E-state index contributed by atoms with van der Waals surface area (Å²) in [6.45, 7) is 0.278. The lowest BCUT2D eigenvalue weighted by atomic mass is 10.1. The smallest absolute Gasteiger partial charge is 0.303 e. The van der Waals surface area contributed by atoms with E-state index < -0.39 is 17.6 Å². The van der Waals surface area contributed by atoms with Crippen molar-refractivity contribution in [2.75, 3.05) is 6.54 Å². The predicted molar refractivity (Wildman–Crippen MR) is 67.1 cm³/mol. The Labute approximate surface area is 114 Å². The van der Waals surface area contributed by atoms with E-state index >= 15 is 0 Å². The van der Waals surface area contributed by atoms with Crippen molar-refractivity contribution >= 4 is 11.9 Å². The highest BCUT2D eigenvalue weighted by atomic mass is 19.2. The lowest BCUT2D eigenvalue weighted by molar-refractivity contribution is -0.137. The van der Waals surface area contributed by atoms with E-state index in [-0.39, 0.29) is 36.3 Å². The van der Waals surface area contributed by atoms with Gasteiger partial charge in [-0.15, -0.1) is 0 Å². The molecule has 0 saturated heterocycles. The largest absolute Gasteiger partial charge is 0.481 e. The molecule has 20 heavy (non-hydrogen) atoms. The number of hydrogen-bond acceptors (Lipinski definition) is 2. The molecule has 0 bridgehead atoms. The summed E-state index contributed by atoms with van der Waals surface area (Å²) in [5.41, 5.74) is 0.232. The summed E-state index contributed by atoms with van der Waals surface area (Å²) in [4.78, 5) is 22.1. The average molecular weight is 283 g/mol. The molecule has 1 aliphatic rings. The normalized spacial score (nSPS) is 20.5. The van der Waals surface area contributed by atoms with Crippen LogP contribution < -0.4 is 5.32 Å². The predicted octanol–water partition coefficient (Wildman–Crippen LogP) is 2.05. The van der Waals surface area contributed by atoms with Crippen LogP contribution in [0.1, 0.15) is 30.7 Å². The average Bonchev–Trinajstić information content (AvgIpc) is 3.17. The third-order valence-corrected chi connectivity index (χ3v) is 3.37. The summed E-state index contributed by atoms with van der Waals surface area (Å²) in [5, 5.41) is 11.1. The molecule has 0 spiro atoms. The number of aliphatic carboxylic acids is 1. The van der Waals surface area contributed by atoms with Crippen molar-refractivity contribution in [3.8, 4) is 0 Å². The first-order chi connectivity index (χ1) is 9.50. The van der Waals surface area contributed by atoms with E-state index in [9.17, 15) is 18.4 Å². The van der Waals surface area contributed by atoms with E-state index in [1.807, 2.05) is 0 Å². The maximum Gasteiger partial charge on any atom is 0.303 e. The molecule has 0 unspecified atom stereocenters. The van der Waals surface area contributed by atoms with Crippen LogP contribution in [0.3, 0.4) is 0 Å². The molecular weight excluding hydrogens is 268 g/mol. The Hall–Kier alpha value is -1.98. The number of carbonyl (C=O) groups is 2. The third-order valence-electron chi connectivity index (χ3n) is 3.37. The second-order valence-electron chi connectivity index (χ2n) is 4.88. The maximum atomic E-state index is 13.6. The Bertz CT molecular complexity index is 533. The van der Waals surface area contributed by atoms with Crippen LogP contribution in [0.15, 0.2) is 18.2 Å². The summed E-state index contributed by atoms with van der Waals surface area (Å²) in [5.74, 6) is -3.58. The molecule has 0 radical (unpaired) electrons. The fraction of sp³-hybridized carbons (Fsp3) is 0.429. The molecule has 6 heteroatoms. The molecule has 2 atom stereocenters. The standard InChI is InChI=1S/C14H15F2NO3/c15-11-4-1-3-8(13(11)16)9-7-10(9)14(20)17-6-2-5-12(18)19/h1,3-4,9-10H,2,5-7H2,(H,17,20)(H,18,19)/t9-,10+/m0/s1. The zero-order valence-electron chi connectivity index (χ0n) is 10.7. The van der Waals surface area contributed by atoms with Gasteiger partial charge in [-0.3, -0.25) is 9.59 Å². The lowest BCUT2D eigenvalue weighted by Crippen LogP contribution is -2.26. The number of carbonyl (C=O) groups excluding carboxylic acids is 1. The molecular formula is C14H15F2NO3. The molecule has 1 aromatic carbocycles. The summed E-state index contributed by atoms with van der Waals surface area (Å²) in [6, 6.07) is 3.96. The van der Waals surface area contributed by atoms with Crippen LogP contribution in [0, 0.1) is 17.6 Å². The minimum atomic E-state index is -0.912. The van der Waals surface area contributed by atoms with Crippen LogP contribution in [0.2, 0.25) is 0 Å². The Balaban J connectivity index is 1.83. The summed E-state index contributed by atoms with van der Waals surface area (Å²) < 4.78 is 26.6. The summed E-state index contributed by atoms with van der Waals surface area (Å²) >= 11 is 0. The molecule has 1 aromatic rings. The van der Waals surface area contributed by atoms with E-state index in [0.717, 1.165) is 6.07 Å². The van der Waals surface area contributed by atoms with Gasteiger partial charge in [-0.1, -0.05) is 12.1 Å². The summed E-state index contributed by atoms with van der Waals surface area (Å²) in [6.07, 6.45) is 0.838. The first kappa shape index (κ1) is 14.4. The quantitative estimate of drug-likeness (QED) is 0.785. The number of carboxylic acids is 1. The number of amides is 1. The van der Waals surface area contributed by atoms with E-state index in [1.54, 1.807) is 0 Å². The highest BCUT2D eigenvalue weighted by Crippen LogP contribution is 2.48. The minimum absolute atomic E-state index is 0.00704. The number of carboxylic acid groups (broad SMARTS) is 1. The van der Waals surface area contributed by atoms with Gasteiger partial charge < -0.3 is 10.4 Å². The van der Waals surface area contributed by atoms with Crippen molar-refractivity contribution in [1.29, 1.82) is 0 Å². The number of nitrogens with one attached hydrogen (secondary N) is 1. The Morgan fingerprint density at radius 3 is 2.80 bits per heavy atom. The van der Waals surface area contributed by atoms with E-state index in [1.165, 1.54) is 12.1 Å². The molecule has 0 aromatic heterocycles. The SMILES string of the molecule is O=C(O)CCCNC(=O)[C@@H]1C[C@H]1c1cccc(F)c1F. The summed E-state index contributed by atoms with van der Waals surface area (Å²) in [7, 11) is 0. The van der Waals surface area contributed by atoms with Crippen molar-refractivity contribution < 1.29 is 23.5 Å². The molecule has 0 aliphatic heterocycles. The van der Waals surface area contributed by atoms with Crippen LogP contribution >= 0.6 is 0 Å². The first-order valence-corrected chi connectivity index (χ1v) is 6.44. The fourth-order valence-electron chi connectivity index (χ4n) is 2.22. The lowest BCUT2D eigenvalue weighted by Gasteiger charge is -2.05. The van der Waals surface area contributed by atoms with E-state index in [2.05, 4.69) is 5.32 Å². The molecule has 2 N–H and O–H groups in total. The van der Waals surface area contributed by atoms with Crippen molar-refractivity contribution in [2.45, 2.75) is 25.2 Å². The van der Waals surface area contributed by atoms with Crippen molar-refractivity contribution in [3.63, 3.8) is 0 Å². The Morgan fingerprint density at radius 2 is 2.10 bits per heavy atom. The molecule has 1 saturated carbocycles. The van der Waals surface area contributed by atoms with Gasteiger partial charge in [0.05, 0.1) is 0 Å². The van der Waals surface area contributed by atoms with Crippen molar-refractivity contribution in [1.82, 2.24) is 5.32 Å². The zero-order chi connectivity index (χ0) is 14.7. The third kappa shape index (κ3) is 3.31. The van der Waals surface area contributed by atoms with Crippen molar-refractivity contribution in [3.05, 3.63) is 35.4 Å². The molecule has 2 rings (SSSR count). The zero-order valence-corrected chi connectivity index (χ0v) is 10.7. The molecule has 4 nitrogen and oxygen atoms in total. The monoisotopic (exact) mass is 283 g/mol. The Kier molecular flexibility index (Phi) is 4.32. The van der Waals surface area contributed by atoms with E-state index in [4.69, 9.17) is 5.11 Å². The first-order valence-electron chi connectivity index (χ1n) is 6.44. The number of hydrogen-bond donors (Lipinski definition) is 2. The van der Waals surface area contributed by atoms with Gasteiger partial charge in [0.1, 0.15) is 0 Å². The molecule has 0 heterocycles. The van der Waals surface area contributed by atoms with Crippen LogP contribution in [0.5, 0.6) is 0 Å². The fourth-order valence-corrected chi connectivity index (χ4v) is 2.22. The van der Waals surface area contributed by atoms with Gasteiger partial charge in [-0.25, -0.2) is 8.78 Å². The van der Waals surface area contributed by atoms with Gasteiger partial charge in [0.25, 0.3) is 0 Å². The minimum Gasteiger partial charge on any atom is -0.481 e. The van der Waals surface area contributed by atoms with E-state index in [0.29, 0.717) is 12.8 Å². The molecule has 1 aliphatic carbocycles. The highest BCUT2D eigenvalue weighted by Gasteiger charge is 2.45. The highest BCUT2D eigenvalue weighted by molar-refractivity contribution is 5.82. The number of rotatable bonds is 6. The van der Waals surface area contributed by atoms with Crippen LogP contribution in [-0.2, 0) is 9.59 Å². The van der Waals surface area contributed by atoms with Gasteiger partial charge >= 0.3 is 5.97 Å². The number of benzene rings is 1. The van der Waals surface area contributed by atoms with Gasteiger partial charge in [0, 0.05) is 18.9 Å². The maximum absolute atomic E-state index is 13.6.